The molecule has 0 fully saturated rings. The average Bonchev–Trinajstić information content (AvgIpc) is 3.33. The molecule has 0 amide bonds. The Balaban J connectivity index is 2.57. The number of benzene rings is 2. The Hall–Kier alpha value is -1.77. The standard InChI is InChI=1S/C51H83Cl2N2/c1-32(2)23-40(24-33(3)4)44-19-17-20-45(41(25-34(5)6)26-35(7)8)48(44)54-31-55(51(53)50(54)52)49-46(42(27-36(9)10)28-37(11)12)21-18-22-47(49)43(29-38(13)14)30-39(15)16/h17-22,31-43H,23-30H2,1-16H3/q+1. The van der Waals surface area contributed by atoms with E-state index >= 15 is 0 Å². The first-order valence-corrected chi connectivity index (χ1v) is 23.2. The van der Waals surface area contributed by atoms with Crippen LogP contribution in [0, 0.1) is 47.3 Å². The first-order valence-electron chi connectivity index (χ1n) is 22.5. The van der Waals surface area contributed by atoms with Gasteiger partial charge < -0.3 is 0 Å². The minimum absolute atomic E-state index is 0.421. The zero-order valence-corrected chi connectivity index (χ0v) is 39.8. The van der Waals surface area contributed by atoms with E-state index < -0.39 is 0 Å². The van der Waals surface area contributed by atoms with Crippen LogP contribution in [0.25, 0.3) is 11.4 Å². The quantitative estimate of drug-likeness (QED) is 0.0896. The van der Waals surface area contributed by atoms with Crippen LogP contribution in [0.15, 0.2) is 42.7 Å². The van der Waals surface area contributed by atoms with Gasteiger partial charge in [-0.1, -0.05) is 147 Å². The molecular weight excluding hydrogens is 711 g/mol. The molecule has 0 spiro atoms. The molecule has 310 valence electrons. The van der Waals surface area contributed by atoms with E-state index in [9.17, 15) is 0 Å². The topological polar surface area (TPSA) is 8.81 Å². The Kier molecular flexibility index (Phi) is 18.9. The lowest BCUT2D eigenvalue weighted by atomic mass is 9.78. The fourth-order valence-electron chi connectivity index (χ4n) is 9.71. The second kappa shape index (κ2) is 21.8. The third-order valence-electron chi connectivity index (χ3n) is 11.3. The highest BCUT2D eigenvalue weighted by Crippen LogP contribution is 2.44. The largest absolute Gasteiger partial charge is 0.260 e. The number of halogens is 2. The molecule has 0 saturated carbocycles. The highest BCUT2D eigenvalue weighted by Gasteiger charge is 2.35. The zero-order valence-electron chi connectivity index (χ0n) is 38.3. The summed E-state index contributed by atoms with van der Waals surface area (Å²) in [5.41, 5.74) is 8.21. The summed E-state index contributed by atoms with van der Waals surface area (Å²) in [7, 11) is 0. The summed E-state index contributed by atoms with van der Waals surface area (Å²) in [5.74, 6) is 6.38. The van der Waals surface area contributed by atoms with Crippen LogP contribution in [0.4, 0.5) is 0 Å². The summed E-state index contributed by atoms with van der Waals surface area (Å²) in [6, 6.07) is 14.3. The predicted molar refractivity (Wildman–Crippen MR) is 244 cm³/mol. The molecule has 4 heteroatoms. The van der Waals surface area contributed by atoms with Gasteiger partial charge in [0.15, 0.2) is 0 Å². The summed E-state index contributed by atoms with van der Waals surface area (Å²) in [5, 5.41) is 1.23. The van der Waals surface area contributed by atoms with E-state index in [4.69, 9.17) is 23.2 Å². The minimum Gasteiger partial charge on any atom is -0.183 e. The van der Waals surface area contributed by atoms with Gasteiger partial charge in [-0.15, -0.1) is 0 Å². The van der Waals surface area contributed by atoms with E-state index in [1.165, 1.54) is 33.6 Å². The van der Waals surface area contributed by atoms with Crippen LogP contribution in [0.3, 0.4) is 0 Å². The molecule has 3 rings (SSSR count). The normalized spacial score (nSPS) is 12.9. The lowest BCUT2D eigenvalue weighted by Gasteiger charge is -2.28. The van der Waals surface area contributed by atoms with Gasteiger partial charge in [0.05, 0.1) is 0 Å². The molecule has 1 heterocycles. The van der Waals surface area contributed by atoms with Gasteiger partial charge in [-0.2, -0.15) is 9.13 Å². The molecule has 1 aromatic heterocycles. The minimum atomic E-state index is 0.421. The summed E-state index contributed by atoms with van der Waals surface area (Å²) in [4.78, 5) is 0. The fraction of sp³-hybridized carbons (Fsp3) is 0.706. The molecule has 0 unspecified atom stereocenters. The van der Waals surface area contributed by atoms with Crippen molar-refractivity contribution in [3.05, 3.63) is 75.3 Å². The van der Waals surface area contributed by atoms with Crippen molar-refractivity contribution < 1.29 is 4.57 Å². The van der Waals surface area contributed by atoms with Crippen molar-refractivity contribution in [1.82, 2.24) is 4.57 Å². The molecule has 2 nitrogen and oxygen atoms in total. The number of imidazole rings is 1. The van der Waals surface area contributed by atoms with Gasteiger partial charge in [-0.05, 0) is 146 Å². The summed E-state index contributed by atoms with van der Waals surface area (Å²) in [6.07, 6.45) is 11.4. The van der Waals surface area contributed by atoms with E-state index in [-0.39, 0.29) is 0 Å². The molecule has 0 saturated heterocycles. The number of para-hydroxylation sites is 2. The third kappa shape index (κ3) is 13.7. The van der Waals surface area contributed by atoms with Crippen molar-refractivity contribution in [3.8, 4) is 11.4 Å². The van der Waals surface area contributed by atoms with Crippen LogP contribution in [-0.2, 0) is 0 Å². The molecule has 55 heavy (non-hydrogen) atoms. The van der Waals surface area contributed by atoms with Gasteiger partial charge in [-0.3, -0.25) is 0 Å². The van der Waals surface area contributed by atoms with Gasteiger partial charge in [0.1, 0.15) is 11.4 Å². The number of hydrogen-bond donors (Lipinski definition) is 0. The van der Waals surface area contributed by atoms with E-state index in [0.717, 1.165) is 51.4 Å². The Bertz CT molecular complexity index is 1350. The number of rotatable bonds is 22. The fourth-order valence-corrected chi connectivity index (χ4v) is 10.2. The van der Waals surface area contributed by atoms with E-state index in [0.29, 0.717) is 81.3 Å². The van der Waals surface area contributed by atoms with E-state index in [1.54, 1.807) is 0 Å². The maximum atomic E-state index is 7.69. The van der Waals surface area contributed by atoms with Crippen LogP contribution in [0.5, 0.6) is 0 Å². The molecule has 0 radical (unpaired) electrons. The molecule has 0 atom stereocenters. The van der Waals surface area contributed by atoms with Crippen LogP contribution in [0.1, 0.15) is 208 Å². The third-order valence-corrected chi connectivity index (χ3v) is 12.1. The lowest BCUT2D eigenvalue weighted by molar-refractivity contribution is -0.593. The summed E-state index contributed by atoms with van der Waals surface area (Å²) >= 11 is 15.4. The molecule has 0 aliphatic carbocycles. The van der Waals surface area contributed by atoms with Crippen molar-refractivity contribution in [2.45, 2.75) is 186 Å². The highest BCUT2D eigenvalue weighted by molar-refractivity contribution is 6.40. The maximum absolute atomic E-state index is 7.69. The maximum Gasteiger partial charge on any atom is 0.260 e. The Labute approximate surface area is 350 Å². The molecule has 0 aliphatic rings. The first-order chi connectivity index (χ1) is 25.7. The molecule has 0 N–H and O–H groups in total. The SMILES string of the molecule is CC(C)CC(CC(C)C)c1cccc(C(CC(C)C)CC(C)C)c1-n1c[n+](-c2c(C(CC(C)C)CC(C)C)cccc2C(CC(C)C)CC(C)C)c(Cl)c1Cl. The molecule has 0 aliphatic heterocycles. The molecular formula is C51H83Cl2N2+. The van der Waals surface area contributed by atoms with Crippen LogP contribution in [-0.4, -0.2) is 4.57 Å². The smallest absolute Gasteiger partial charge is 0.183 e. The Morgan fingerprint density at radius 2 is 0.673 bits per heavy atom. The van der Waals surface area contributed by atoms with Gasteiger partial charge in [0, 0.05) is 22.3 Å². The van der Waals surface area contributed by atoms with Crippen molar-refractivity contribution in [1.29, 1.82) is 0 Å². The summed E-state index contributed by atoms with van der Waals surface area (Å²) in [6.45, 7) is 38.0. The molecule has 0 bridgehead atoms. The van der Waals surface area contributed by atoms with Crippen LogP contribution < -0.4 is 4.57 Å². The van der Waals surface area contributed by atoms with Crippen LogP contribution >= 0.6 is 23.2 Å². The van der Waals surface area contributed by atoms with Gasteiger partial charge >= 0.3 is 0 Å². The van der Waals surface area contributed by atoms with E-state index in [2.05, 4.69) is 163 Å². The van der Waals surface area contributed by atoms with E-state index in [1.807, 2.05) is 0 Å². The first kappa shape index (κ1) is 47.6. The van der Waals surface area contributed by atoms with Crippen molar-refractivity contribution in [3.63, 3.8) is 0 Å². The number of aromatic nitrogens is 2. The Morgan fingerprint density at radius 3 is 0.945 bits per heavy atom. The molecule has 2 aromatic carbocycles. The lowest BCUT2D eigenvalue weighted by Crippen LogP contribution is -2.34. The van der Waals surface area contributed by atoms with Crippen LogP contribution in [0.2, 0.25) is 10.3 Å². The van der Waals surface area contributed by atoms with Crippen molar-refractivity contribution in [2.75, 3.05) is 0 Å². The second-order valence-electron chi connectivity index (χ2n) is 20.8. The number of nitrogens with zero attached hydrogens (tertiary/aromatic N) is 2. The van der Waals surface area contributed by atoms with Gasteiger partial charge in [0.2, 0.25) is 0 Å². The monoisotopic (exact) mass is 794 g/mol. The summed E-state index contributed by atoms with van der Waals surface area (Å²) < 4.78 is 4.63. The second-order valence-corrected chi connectivity index (χ2v) is 21.5. The van der Waals surface area contributed by atoms with Gasteiger partial charge in [-0.25, -0.2) is 0 Å². The number of hydrogen-bond acceptors (Lipinski definition) is 0. The average molecular weight is 795 g/mol. The van der Waals surface area contributed by atoms with Gasteiger partial charge in [0.25, 0.3) is 16.6 Å². The molecule has 3 aromatic rings. The highest BCUT2D eigenvalue weighted by atomic mass is 35.5. The zero-order chi connectivity index (χ0) is 41.3. The van der Waals surface area contributed by atoms with Crippen molar-refractivity contribution >= 4 is 23.2 Å². The van der Waals surface area contributed by atoms with Crippen molar-refractivity contribution in [2.24, 2.45) is 47.3 Å². The Morgan fingerprint density at radius 1 is 0.418 bits per heavy atom. The predicted octanol–water partition coefficient (Wildman–Crippen LogP) is 16.8.